The Morgan fingerprint density at radius 1 is 1.38 bits per heavy atom. The summed E-state index contributed by atoms with van der Waals surface area (Å²) in [5.41, 5.74) is 6.32. The maximum Gasteiger partial charge on any atom is 0.152 e. The Labute approximate surface area is 99.1 Å². The summed E-state index contributed by atoms with van der Waals surface area (Å²) >= 11 is 6.10. The van der Waals surface area contributed by atoms with Crippen LogP contribution in [0.3, 0.4) is 0 Å². The Kier molecular flexibility index (Phi) is 3.22. The summed E-state index contributed by atoms with van der Waals surface area (Å²) in [6, 6.07) is 7.56. The zero-order chi connectivity index (χ0) is 11.5. The molecule has 0 amide bonds. The van der Waals surface area contributed by atoms with Crippen LogP contribution in [0.5, 0.6) is 0 Å². The van der Waals surface area contributed by atoms with Crippen molar-refractivity contribution in [1.82, 2.24) is 14.8 Å². The van der Waals surface area contributed by atoms with Gasteiger partial charge in [0.2, 0.25) is 0 Å². The fraction of sp³-hybridized carbons (Fsp3) is 0.273. The lowest BCUT2D eigenvalue weighted by atomic mass is 10.3. The fourth-order valence-corrected chi connectivity index (χ4v) is 1.75. The number of nitrogens with two attached hydrogens (primary N) is 1. The standard InChI is InChI=1S/C11H13ClN4/c1-8-14-11(6-7-13)15-16(8)10-5-3-2-4-9(10)12/h2-5H,6-7,13H2,1H3. The minimum atomic E-state index is 0.548. The first-order chi connectivity index (χ1) is 7.72. The van der Waals surface area contributed by atoms with Gasteiger partial charge in [-0.15, -0.1) is 0 Å². The second-order valence-electron chi connectivity index (χ2n) is 3.48. The zero-order valence-electron chi connectivity index (χ0n) is 9.02. The van der Waals surface area contributed by atoms with Gasteiger partial charge in [0.05, 0.1) is 10.7 Å². The monoisotopic (exact) mass is 236 g/mol. The molecule has 4 nitrogen and oxygen atoms in total. The molecule has 0 atom stereocenters. The molecule has 2 rings (SSSR count). The molecular formula is C11H13ClN4. The molecule has 2 aromatic rings. The molecule has 16 heavy (non-hydrogen) atoms. The summed E-state index contributed by atoms with van der Waals surface area (Å²) < 4.78 is 1.74. The lowest BCUT2D eigenvalue weighted by molar-refractivity contribution is 0.804. The van der Waals surface area contributed by atoms with Crippen LogP contribution in [0.25, 0.3) is 5.69 Å². The average molecular weight is 237 g/mol. The van der Waals surface area contributed by atoms with E-state index in [1.165, 1.54) is 0 Å². The number of hydrogen-bond donors (Lipinski definition) is 1. The van der Waals surface area contributed by atoms with Crippen LogP contribution < -0.4 is 5.73 Å². The van der Waals surface area contributed by atoms with Crippen LogP contribution in [0.2, 0.25) is 5.02 Å². The van der Waals surface area contributed by atoms with Crippen LogP contribution in [0, 0.1) is 6.92 Å². The molecule has 0 aliphatic rings. The van der Waals surface area contributed by atoms with Crippen molar-refractivity contribution in [1.29, 1.82) is 0 Å². The lowest BCUT2D eigenvalue weighted by Gasteiger charge is -2.04. The van der Waals surface area contributed by atoms with Crippen molar-refractivity contribution in [3.05, 3.63) is 40.9 Å². The molecular weight excluding hydrogens is 224 g/mol. The quantitative estimate of drug-likeness (QED) is 0.883. The lowest BCUT2D eigenvalue weighted by Crippen LogP contribution is -2.05. The first-order valence-corrected chi connectivity index (χ1v) is 5.47. The zero-order valence-corrected chi connectivity index (χ0v) is 9.78. The highest BCUT2D eigenvalue weighted by molar-refractivity contribution is 6.32. The maximum absolute atomic E-state index is 6.10. The van der Waals surface area contributed by atoms with Gasteiger partial charge in [0.25, 0.3) is 0 Å². The normalized spacial score (nSPS) is 10.7. The number of nitrogens with zero attached hydrogens (tertiary/aromatic N) is 3. The summed E-state index contributed by atoms with van der Waals surface area (Å²) in [6.45, 7) is 2.45. The Morgan fingerprint density at radius 2 is 2.12 bits per heavy atom. The van der Waals surface area contributed by atoms with Crippen molar-refractivity contribution in [3.8, 4) is 5.69 Å². The molecule has 5 heteroatoms. The highest BCUT2D eigenvalue weighted by Gasteiger charge is 2.09. The fourth-order valence-electron chi connectivity index (χ4n) is 1.53. The Balaban J connectivity index is 2.44. The molecule has 0 fully saturated rings. The number of benzene rings is 1. The van der Waals surface area contributed by atoms with E-state index in [0.29, 0.717) is 18.0 Å². The Hall–Kier alpha value is -1.39. The average Bonchev–Trinajstić information content (AvgIpc) is 2.61. The third kappa shape index (κ3) is 2.08. The largest absolute Gasteiger partial charge is 0.330 e. The molecule has 0 saturated carbocycles. The van der Waals surface area contributed by atoms with Gasteiger partial charge in [-0.3, -0.25) is 0 Å². The SMILES string of the molecule is Cc1nc(CCN)nn1-c1ccccc1Cl. The van der Waals surface area contributed by atoms with Crippen molar-refractivity contribution >= 4 is 11.6 Å². The molecule has 0 bridgehead atoms. The molecule has 0 aliphatic heterocycles. The van der Waals surface area contributed by atoms with E-state index in [2.05, 4.69) is 10.1 Å². The van der Waals surface area contributed by atoms with E-state index in [4.69, 9.17) is 17.3 Å². The first-order valence-electron chi connectivity index (χ1n) is 5.10. The molecule has 2 N–H and O–H groups in total. The Morgan fingerprint density at radius 3 is 2.81 bits per heavy atom. The highest BCUT2D eigenvalue weighted by atomic mass is 35.5. The van der Waals surface area contributed by atoms with Crippen LogP contribution in [0.15, 0.2) is 24.3 Å². The number of aromatic nitrogens is 3. The first kappa shape index (κ1) is 11.1. The molecule has 0 spiro atoms. The van der Waals surface area contributed by atoms with Crippen molar-refractivity contribution in [2.24, 2.45) is 5.73 Å². The van der Waals surface area contributed by atoms with Crippen molar-refractivity contribution in [3.63, 3.8) is 0 Å². The van der Waals surface area contributed by atoms with Gasteiger partial charge in [-0.1, -0.05) is 23.7 Å². The molecule has 84 valence electrons. The minimum Gasteiger partial charge on any atom is -0.330 e. The second kappa shape index (κ2) is 4.63. The number of rotatable bonds is 3. The van der Waals surface area contributed by atoms with Crippen molar-refractivity contribution in [2.75, 3.05) is 6.54 Å². The van der Waals surface area contributed by atoms with E-state index in [-0.39, 0.29) is 0 Å². The van der Waals surface area contributed by atoms with Crippen molar-refractivity contribution in [2.45, 2.75) is 13.3 Å². The molecule has 0 saturated heterocycles. The maximum atomic E-state index is 6.10. The summed E-state index contributed by atoms with van der Waals surface area (Å²) in [5.74, 6) is 1.57. The van der Waals surface area contributed by atoms with Gasteiger partial charge in [-0.05, 0) is 25.6 Å². The third-order valence-electron chi connectivity index (χ3n) is 2.26. The van der Waals surface area contributed by atoms with Crippen LogP contribution in [0.1, 0.15) is 11.6 Å². The molecule has 1 heterocycles. The van der Waals surface area contributed by atoms with Crippen LogP contribution in [-0.2, 0) is 6.42 Å². The van der Waals surface area contributed by atoms with E-state index in [1.54, 1.807) is 4.68 Å². The van der Waals surface area contributed by atoms with Crippen LogP contribution in [-0.4, -0.2) is 21.3 Å². The Bertz CT molecular complexity index is 492. The van der Waals surface area contributed by atoms with E-state index >= 15 is 0 Å². The van der Waals surface area contributed by atoms with E-state index < -0.39 is 0 Å². The molecule has 1 aromatic carbocycles. The van der Waals surface area contributed by atoms with Gasteiger partial charge < -0.3 is 5.73 Å². The van der Waals surface area contributed by atoms with Gasteiger partial charge in [-0.25, -0.2) is 9.67 Å². The summed E-state index contributed by atoms with van der Waals surface area (Å²) in [4.78, 5) is 4.33. The minimum absolute atomic E-state index is 0.548. The molecule has 0 aliphatic carbocycles. The van der Waals surface area contributed by atoms with Crippen molar-refractivity contribution < 1.29 is 0 Å². The summed E-state index contributed by atoms with van der Waals surface area (Å²) in [7, 11) is 0. The number of aryl methyl sites for hydroxylation is 1. The van der Waals surface area contributed by atoms with Gasteiger partial charge in [0, 0.05) is 6.42 Å². The van der Waals surface area contributed by atoms with Gasteiger partial charge in [-0.2, -0.15) is 5.10 Å². The predicted octanol–water partition coefficient (Wildman–Crippen LogP) is 1.73. The summed E-state index contributed by atoms with van der Waals surface area (Å²) in [6.07, 6.45) is 0.679. The van der Waals surface area contributed by atoms with Gasteiger partial charge >= 0.3 is 0 Å². The van der Waals surface area contributed by atoms with E-state index in [1.807, 2.05) is 31.2 Å². The number of halogens is 1. The summed E-state index contributed by atoms with van der Waals surface area (Å²) in [5, 5.41) is 5.03. The highest BCUT2D eigenvalue weighted by Crippen LogP contribution is 2.19. The van der Waals surface area contributed by atoms with Crippen LogP contribution >= 0.6 is 11.6 Å². The second-order valence-corrected chi connectivity index (χ2v) is 3.88. The van der Waals surface area contributed by atoms with Gasteiger partial charge in [0.15, 0.2) is 5.82 Å². The number of hydrogen-bond acceptors (Lipinski definition) is 3. The number of para-hydroxylation sites is 1. The molecule has 1 aromatic heterocycles. The third-order valence-corrected chi connectivity index (χ3v) is 2.58. The van der Waals surface area contributed by atoms with E-state index in [0.717, 1.165) is 17.3 Å². The smallest absolute Gasteiger partial charge is 0.152 e. The molecule has 0 unspecified atom stereocenters. The topological polar surface area (TPSA) is 56.7 Å². The van der Waals surface area contributed by atoms with Gasteiger partial charge in [0.1, 0.15) is 5.82 Å². The van der Waals surface area contributed by atoms with E-state index in [9.17, 15) is 0 Å². The van der Waals surface area contributed by atoms with Crippen LogP contribution in [0.4, 0.5) is 0 Å². The molecule has 0 radical (unpaired) electrons. The predicted molar refractivity (Wildman–Crippen MR) is 63.9 cm³/mol.